The second-order valence-electron chi connectivity index (χ2n) is 5.93. The van der Waals surface area contributed by atoms with Crippen molar-refractivity contribution >= 4 is 22.6 Å². The zero-order chi connectivity index (χ0) is 14.7. The average molecular weight is 391 g/mol. The zero-order valence-corrected chi connectivity index (χ0v) is 14.6. The molecule has 1 aliphatic rings. The van der Waals surface area contributed by atoms with E-state index in [0.717, 1.165) is 13.0 Å². The first-order chi connectivity index (χ1) is 10.3. The van der Waals surface area contributed by atoms with Gasteiger partial charge in [0.15, 0.2) is 0 Å². The second-order valence-corrected chi connectivity index (χ2v) is 7.17. The summed E-state index contributed by atoms with van der Waals surface area (Å²) in [5.41, 5.74) is 4.50. The fourth-order valence-corrected chi connectivity index (χ4v) is 3.73. The number of fused-ring (bicyclic) bond motifs is 1. The molecular formula is C19H22IN. The largest absolute Gasteiger partial charge is 0.310 e. The molecule has 0 heterocycles. The van der Waals surface area contributed by atoms with E-state index in [4.69, 9.17) is 0 Å². The highest BCUT2D eigenvalue weighted by Crippen LogP contribution is 2.37. The van der Waals surface area contributed by atoms with Crippen molar-refractivity contribution in [1.82, 2.24) is 5.32 Å². The molecule has 0 spiro atoms. The molecule has 2 heteroatoms. The van der Waals surface area contributed by atoms with E-state index in [9.17, 15) is 0 Å². The van der Waals surface area contributed by atoms with Crippen LogP contribution in [0, 0.1) is 9.49 Å². The fraction of sp³-hybridized carbons (Fsp3) is 0.368. The van der Waals surface area contributed by atoms with Crippen LogP contribution in [0.25, 0.3) is 0 Å². The van der Waals surface area contributed by atoms with Crippen molar-refractivity contribution in [2.24, 2.45) is 5.92 Å². The highest BCUT2D eigenvalue weighted by atomic mass is 127. The number of hydrogen-bond donors (Lipinski definition) is 1. The molecule has 1 nitrogen and oxygen atoms in total. The number of hydrogen-bond acceptors (Lipinski definition) is 1. The van der Waals surface area contributed by atoms with E-state index in [1.54, 1.807) is 0 Å². The van der Waals surface area contributed by atoms with Crippen molar-refractivity contribution in [3.05, 3.63) is 68.8 Å². The molecule has 2 aromatic rings. The maximum Gasteiger partial charge on any atom is 0.0357 e. The molecule has 0 aromatic heterocycles. The first-order valence-corrected chi connectivity index (χ1v) is 8.91. The van der Waals surface area contributed by atoms with Crippen LogP contribution in [0.15, 0.2) is 48.5 Å². The highest BCUT2D eigenvalue weighted by molar-refractivity contribution is 14.1. The quantitative estimate of drug-likeness (QED) is 0.726. The summed E-state index contributed by atoms with van der Waals surface area (Å²) in [6.45, 7) is 3.34. The molecular weight excluding hydrogens is 369 g/mol. The number of benzene rings is 2. The predicted octanol–water partition coefficient (Wildman–Crippen LogP) is 4.75. The third kappa shape index (κ3) is 3.49. The van der Waals surface area contributed by atoms with Crippen LogP contribution in [0.1, 0.15) is 36.1 Å². The van der Waals surface area contributed by atoms with Gasteiger partial charge in [-0.2, -0.15) is 0 Å². The normalized spacial score (nSPS) is 20.5. The molecule has 21 heavy (non-hydrogen) atoms. The van der Waals surface area contributed by atoms with Crippen molar-refractivity contribution in [3.63, 3.8) is 0 Å². The molecule has 1 N–H and O–H groups in total. The lowest BCUT2D eigenvalue weighted by Crippen LogP contribution is -2.27. The minimum absolute atomic E-state index is 0.514. The van der Waals surface area contributed by atoms with E-state index in [1.807, 2.05) is 0 Å². The molecule has 0 saturated heterocycles. The number of nitrogens with one attached hydrogen (secondary N) is 1. The van der Waals surface area contributed by atoms with Crippen molar-refractivity contribution in [3.8, 4) is 0 Å². The van der Waals surface area contributed by atoms with Gasteiger partial charge in [0.25, 0.3) is 0 Å². The van der Waals surface area contributed by atoms with Crippen LogP contribution in [0.5, 0.6) is 0 Å². The lowest BCUT2D eigenvalue weighted by molar-refractivity contribution is 0.387. The lowest BCUT2D eigenvalue weighted by atomic mass is 9.92. The molecule has 0 aliphatic heterocycles. The summed E-state index contributed by atoms with van der Waals surface area (Å²) >= 11 is 2.37. The second kappa shape index (κ2) is 6.93. The summed E-state index contributed by atoms with van der Waals surface area (Å²) in [6, 6.07) is 18.4. The van der Waals surface area contributed by atoms with Crippen molar-refractivity contribution in [1.29, 1.82) is 0 Å². The van der Waals surface area contributed by atoms with Crippen LogP contribution in [0.2, 0.25) is 0 Å². The van der Waals surface area contributed by atoms with Crippen LogP contribution in [-0.4, -0.2) is 6.54 Å². The van der Waals surface area contributed by atoms with Crippen LogP contribution in [0.3, 0.4) is 0 Å². The van der Waals surface area contributed by atoms with Gasteiger partial charge in [0.2, 0.25) is 0 Å². The smallest absolute Gasteiger partial charge is 0.0357 e. The summed E-state index contributed by atoms with van der Waals surface area (Å²) < 4.78 is 1.31. The first-order valence-electron chi connectivity index (χ1n) is 7.83. The predicted molar refractivity (Wildman–Crippen MR) is 97.5 cm³/mol. The van der Waals surface area contributed by atoms with Crippen LogP contribution >= 0.6 is 22.6 Å². The molecule has 0 amide bonds. The number of halogens is 1. The standard InChI is InChI=1S/C19H22IN/c1-2-11-21-19-16(12-14-7-9-17(20)10-8-14)13-15-5-3-4-6-18(15)19/h3-10,16,19,21H,2,11-13H2,1H3. The Balaban J connectivity index is 1.79. The molecule has 0 radical (unpaired) electrons. The van der Waals surface area contributed by atoms with E-state index < -0.39 is 0 Å². The van der Waals surface area contributed by atoms with E-state index >= 15 is 0 Å². The Morgan fingerprint density at radius 3 is 2.62 bits per heavy atom. The molecule has 3 rings (SSSR count). The minimum Gasteiger partial charge on any atom is -0.310 e. The minimum atomic E-state index is 0.514. The Morgan fingerprint density at radius 2 is 1.86 bits per heavy atom. The van der Waals surface area contributed by atoms with Gasteiger partial charge in [-0.25, -0.2) is 0 Å². The number of rotatable bonds is 5. The molecule has 2 unspecified atom stereocenters. The first kappa shape index (κ1) is 15.0. The SMILES string of the molecule is CCCNC1c2ccccc2CC1Cc1ccc(I)cc1. The Kier molecular flexibility index (Phi) is 4.96. The Hall–Kier alpha value is -0.870. The van der Waals surface area contributed by atoms with Crippen LogP contribution in [-0.2, 0) is 12.8 Å². The Morgan fingerprint density at radius 1 is 1.10 bits per heavy atom. The third-order valence-electron chi connectivity index (χ3n) is 4.37. The zero-order valence-electron chi connectivity index (χ0n) is 12.5. The van der Waals surface area contributed by atoms with Gasteiger partial charge in [0.1, 0.15) is 0 Å². The van der Waals surface area contributed by atoms with Crippen molar-refractivity contribution < 1.29 is 0 Å². The molecule has 0 bridgehead atoms. The van der Waals surface area contributed by atoms with E-state index in [2.05, 4.69) is 83.4 Å². The molecule has 1 aliphatic carbocycles. The van der Waals surface area contributed by atoms with Gasteiger partial charge in [0, 0.05) is 9.61 Å². The van der Waals surface area contributed by atoms with Gasteiger partial charge in [-0.15, -0.1) is 0 Å². The van der Waals surface area contributed by atoms with Gasteiger partial charge in [0.05, 0.1) is 0 Å². The summed E-state index contributed by atoms with van der Waals surface area (Å²) in [6.07, 6.45) is 3.55. The maximum absolute atomic E-state index is 3.77. The Labute approximate surface area is 141 Å². The van der Waals surface area contributed by atoms with Gasteiger partial charge >= 0.3 is 0 Å². The lowest BCUT2D eigenvalue weighted by Gasteiger charge is -2.22. The van der Waals surface area contributed by atoms with E-state index in [0.29, 0.717) is 12.0 Å². The third-order valence-corrected chi connectivity index (χ3v) is 5.09. The van der Waals surface area contributed by atoms with Crippen molar-refractivity contribution in [2.45, 2.75) is 32.2 Å². The van der Waals surface area contributed by atoms with Crippen LogP contribution in [0.4, 0.5) is 0 Å². The molecule has 0 fully saturated rings. The molecule has 110 valence electrons. The Bertz CT molecular complexity index is 591. The summed E-state index contributed by atoms with van der Waals surface area (Å²) in [5.74, 6) is 0.675. The van der Waals surface area contributed by atoms with Gasteiger partial charge < -0.3 is 5.32 Å². The van der Waals surface area contributed by atoms with Gasteiger partial charge in [-0.3, -0.25) is 0 Å². The molecule has 0 saturated carbocycles. The van der Waals surface area contributed by atoms with Gasteiger partial charge in [-0.1, -0.05) is 43.3 Å². The van der Waals surface area contributed by atoms with E-state index in [-0.39, 0.29) is 0 Å². The fourth-order valence-electron chi connectivity index (χ4n) is 3.37. The highest BCUT2D eigenvalue weighted by Gasteiger charge is 2.31. The molecule has 2 atom stereocenters. The van der Waals surface area contributed by atoms with Crippen molar-refractivity contribution in [2.75, 3.05) is 6.54 Å². The summed E-state index contributed by atoms with van der Waals surface area (Å²) in [4.78, 5) is 0. The maximum atomic E-state index is 3.77. The average Bonchev–Trinajstić information content (AvgIpc) is 2.85. The van der Waals surface area contributed by atoms with Gasteiger partial charge in [-0.05, 0) is 83.1 Å². The molecule has 2 aromatic carbocycles. The topological polar surface area (TPSA) is 12.0 Å². The van der Waals surface area contributed by atoms with Crippen LogP contribution < -0.4 is 5.32 Å². The monoisotopic (exact) mass is 391 g/mol. The summed E-state index contributed by atoms with van der Waals surface area (Å²) in [7, 11) is 0. The van der Waals surface area contributed by atoms with E-state index in [1.165, 1.54) is 33.1 Å². The summed E-state index contributed by atoms with van der Waals surface area (Å²) in [5, 5.41) is 3.77.